The summed E-state index contributed by atoms with van der Waals surface area (Å²) >= 11 is 1.47. The van der Waals surface area contributed by atoms with Crippen molar-refractivity contribution in [2.24, 2.45) is 4.99 Å². The van der Waals surface area contributed by atoms with E-state index >= 15 is 0 Å². The number of amides is 1. The molecule has 24 heavy (non-hydrogen) atoms. The lowest BCUT2D eigenvalue weighted by molar-refractivity contribution is -0.113. The van der Waals surface area contributed by atoms with Gasteiger partial charge < -0.3 is 9.64 Å². The molecule has 0 radical (unpaired) electrons. The molecule has 0 bridgehead atoms. The highest BCUT2D eigenvalue weighted by atomic mass is 32.2. The molecule has 4 nitrogen and oxygen atoms in total. The Bertz CT molecular complexity index is 642. The van der Waals surface area contributed by atoms with E-state index in [9.17, 15) is 4.79 Å². The van der Waals surface area contributed by atoms with Crippen LogP contribution < -0.4 is 0 Å². The Kier molecular flexibility index (Phi) is 5.74. The number of hydrogen-bond donors (Lipinski definition) is 0. The molecule has 0 atom stereocenters. The number of nitrogens with zero attached hydrogens (tertiary/aromatic N) is 2. The van der Waals surface area contributed by atoms with E-state index in [1.807, 2.05) is 6.08 Å². The van der Waals surface area contributed by atoms with Crippen LogP contribution in [-0.2, 0) is 9.53 Å². The van der Waals surface area contributed by atoms with Crippen molar-refractivity contribution >= 4 is 28.9 Å². The average molecular weight is 344 g/mol. The SMILES string of the molecule is CCC(CC)c1ccc(/C=C2/SC(N3CCOCC3)=NC2=O)cc1. The second-order valence-electron chi connectivity index (χ2n) is 6.09. The third-order valence-electron chi connectivity index (χ3n) is 4.58. The molecule has 0 aromatic heterocycles. The first-order valence-electron chi connectivity index (χ1n) is 8.66. The van der Waals surface area contributed by atoms with Crippen molar-refractivity contribution in [2.45, 2.75) is 32.6 Å². The molecule has 0 unspecified atom stereocenters. The van der Waals surface area contributed by atoms with Crippen LogP contribution in [0, 0.1) is 0 Å². The third-order valence-corrected chi connectivity index (χ3v) is 5.63. The topological polar surface area (TPSA) is 41.9 Å². The minimum absolute atomic E-state index is 0.134. The number of benzene rings is 1. The summed E-state index contributed by atoms with van der Waals surface area (Å²) in [4.78, 5) is 19.2. The van der Waals surface area contributed by atoms with Crippen molar-refractivity contribution < 1.29 is 9.53 Å². The highest BCUT2D eigenvalue weighted by Crippen LogP contribution is 2.31. The summed E-state index contributed by atoms with van der Waals surface area (Å²) in [6.45, 7) is 7.45. The number of carbonyl (C=O) groups is 1. The highest BCUT2D eigenvalue weighted by Gasteiger charge is 2.27. The van der Waals surface area contributed by atoms with Crippen LogP contribution in [0.5, 0.6) is 0 Å². The lowest BCUT2D eigenvalue weighted by atomic mass is 9.93. The van der Waals surface area contributed by atoms with Crippen LogP contribution in [0.25, 0.3) is 6.08 Å². The zero-order chi connectivity index (χ0) is 16.9. The van der Waals surface area contributed by atoms with Crippen LogP contribution in [0.3, 0.4) is 0 Å². The summed E-state index contributed by atoms with van der Waals surface area (Å²) in [6, 6.07) is 8.55. The Hall–Kier alpha value is -1.59. The number of carbonyl (C=O) groups excluding carboxylic acids is 1. The van der Waals surface area contributed by atoms with Gasteiger partial charge in [-0.25, -0.2) is 0 Å². The fraction of sp³-hybridized carbons (Fsp3) is 0.474. The van der Waals surface area contributed by atoms with E-state index in [0.29, 0.717) is 24.0 Å². The summed E-state index contributed by atoms with van der Waals surface area (Å²) in [5.41, 5.74) is 2.43. The van der Waals surface area contributed by atoms with Crippen LogP contribution in [0.1, 0.15) is 43.7 Å². The number of thioether (sulfide) groups is 1. The molecule has 2 aliphatic heterocycles. The summed E-state index contributed by atoms with van der Waals surface area (Å²) in [6.07, 6.45) is 4.25. The van der Waals surface area contributed by atoms with Crippen molar-refractivity contribution in [3.05, 3.63) is 40.3 Å². The van der Waals surface area contributed by atoms with Crippen molar-refractivity contribution in [2.75, 3.05) is 26.3 Å². The monoisotopic (exact) mass is 344 g/mol. The van der Waals surface area contributed by atoms with Gasteiger partial charge in [0.15, 0.2) is 5.17 Å². The predicted octanol–water partition coefficient (Wildman–Crippen LogP) is 3.89. The van der Waals surface area contributed by atoms with Crippen LogP contribution in [-0.4, -0.2) is 42.3 Å². The first kappa shape index (κ1) is 17.2. The second kappa shape index (κ2) is 7.99. The second-order valence-corrected chi connectivity index (χ2v) is 7.10. The van der Waals surface area contributed by atoms with E-state index in [4.69, 9.17) is 4.74 Å². The highest BCUT2D eigenvalue weighted by molar-refractivity contribution is 8.18. The van der Waals surface area contributed by atoms with Gasteiger partial charge in [0.2, 0.25) is 0 Å². The van der Waals surface area contributed by atoms with Gasteiger partial charge in [-0.1, -0.05) is 38.1 Å². The molecular formula is C19H24N2O2S. The maximum absolute atomic E-state index is 12.2. The molecule has 2 heterocycles. The lowest BCUT2D eigenvalue weighted by Crippen LogP contribution is -2.38. The van der Waals surface area contributed by atoms with E-state index in [0.717, 1.165) is 36.7 Å². The van der Waals surface area contributed by atoms with Gasteiger partial charge in [-0.2, -0.15) is 4.99 Å². The normalized spacial score (nSPS) is 20.1. The molecular weight excluding hydrogens is 320 g/mol. The number of aliphatic imine (C=N–C) groups is 1. The van der Waals surface area contributed by atoms with Crippen molar-refractivity contribution in [3.8, 4) is 0 Å². The van der Waals surface area contributed by atoms with Gasteiger partial charge in [-0.3, -0.25) is 4.79 Å². The molecule has 1 aromatic rings. The zero-order valence-corrected chi connectivity index (χ0v) is 15.1. The Morgan fingerprint density at radius 1 is 1.21 bits per heavy atom. The standard InChI is InChI=1S/C19H24N2O2S/c1-3-15(4-2)16-7-5-14(6-8-16)13-17-18(22)20-19(24-17)21-9-11-23-12-10-21/h5-8,13,15H,3-4,9-12H2,1-2H3/b17-13+. The van der Waals surface area contributed by atoms with Crippen LogP contribution in [0.4, 0.5) is 0 Å². The zero-order valence-electron chi connectivity index (χ0n) is 14.3. The summed E-state index contributed by atoms with van der Waals surface area (Å²) in [5, 5.41) is 0.809. The number of hydrogen-bond acceptors (Lipinski definition) is 4. The quantitative estimate of drug-likeness (QED) is 0.777. The summed E-state index contributed by atoms with van der Waals surface area (Å²) < 4.78 is 5.35. The Morgan fingerprint density at radius 3 is 2.50 bits per heavy atom. The minimum atomic E-state index is -0.134. The molecule has 0 spiro atoms. The Labute approximate surface area is 148 Å². The van der Waals surface area contributed by atoms with Gasteiger partial charge in [0.1, 0.15) is 0 Å². The number of amidine groups is 1. The first-order valence-corrected chi connectivity index (χ1v) is 9.48. The number of morpholine rings is 1. The van der Waals surface area contributed by atoms with Crippen molar-refractivity contribution in [3.63, 3.8) is 0 Å². The molecule has 2 aliphatic rings. The Morgan fingerprint density at radius 2 is 1.88 bits per heavy atom. The average Bonchev–Trinajstić information content (AvgIpc) is 2.99. The van der Waals surface area contributed by atoms with E-state index in [1.165, 1.54) is 17.3 Å². The number of ether oxygens (including phenoxy) is 1. The van der Waals surface area contributed by atoms with Crippen LogP contribution in [0.15, 0.2) is 34.2 Å². The van der Waals surface area contributed by atoms with Gasteiger partial charge in [0, 0.05) is 13.1 Å². The largest absolute Gasteiger partial charge is 0.378 e. The summed E-state index contributed by atoms with van der Waals surface area (Å²) in [7, 11) is 0. The third kappa shape index (κ3) is 3.90. The molecule has 5 heteroatoms. The van der Waals surface area contributed by atoms with E-state index < -0.39 is 0 Å². The van der Waals surface area contributed by atoms with Crippen molar-refractivity contribution in [1.82, 2.24) is 4.90 Å². The fourth-order valence-electron chi connectivity index (χ4n) is 3.06. The molecule has 1 aromatic carbocycles. The molecule has 0 saturated carbocycles. The smallest absolute Gasteiger partial charge is 0.286 e. The lowest BCUT2D eigenvalue weighted by Gasteiger charge is -2.27. The fourth-order valence-corrected chi connectivity index (χ4v) is 4.03. The van der Waals surface area contributed by atoms with Crippen molar-refractivity contribution in [1.29, 1.82) is 0 Å². The molecule has 1 amide bonds. The van der Waals surface area contributed by atoms with Gasteiger partial charge in [0.05, 0.1) is 18.1 Å². The molecule has 1 fully saturated rings. The number of rotatable bonds is 4. The van der Waals surface area contributed by atoms with E-state index in [2.05, 4.69) is 48.0 Å². The predicted molar refractivity (Wildman–Crippen MR) is 100 cm³/mol. The first-order chi connectivity index (χ1) is 11.7. The van der Waals surface area contributed by atoms with Gasteiger partial charge in [-0.05, 0) is 47.7 Å². The van der Waals surface area contributed by atoms with Crippen LogP contribution in [0.2, 0.25) is 0 Å². The minimum Gasteiger partial charge on any atom is -0.378 e. The molecule has 3 rings (SSSR count). The maximum Gasteiger partial charge on any atom is 0.286 e. The molecule has 128 valence electrons. The molecule has 0 aliphatic carbocycles. The summed E-state index contributed by atoms with van der Waals surface area (Å²) in [5.74, 6) is 0.482. The van der Waals surface area contributed by atoms with E-state index in [-0.39, 0.29) is 5.91 Å². The van der Waals surface area contributed by atoms with Crippen LogP contribution >= 0.6 is 11.8 Å². The van der Waals surface area contributed by atoms with Gasteiger partial charge in [0.25, 0.3) is 5.91 Å². The van der Waals surface area contributed by atoms with E-state index in [1.54, 1.807) is 0 Å². The molecule has 0 N–H and O–H groups in total. The van der Waals surface area contributed by atoms with Gasteiger partial charge in [-0.15, -0.1) is 0 Å². The maximum atomic E-state index is 12.2. The van der Waals surface area contributed by atoms with Gasteiger partial charge >= 0.3 is 0 Å². The Balaban J connectivity index is 1.69. The molecule has 1 saturated heterocycles.